The van der Waals surface area contributed by atoms with Crippen LogP contribution >= 0.6 is 0 Å². The molecule has 0 aromatic heterocycles. The predicted molar refractivity (Wildman–Crippen MR) is 71.8 cm³/mol. The first-order valence-corrected chi connectivity index (χ1v) is 6.54. The Bertz CT molecular complexity index is 428. The second kappa shape index (κ2) is 5.11. The third kappa shape index (κ3) is 2.41. The van der Waals surface area contributed by atoms with Crippen LogP contribution in [0.1, 0.15) is 29.5 Å². The first-order valence-electron chi connectivity index (χ1n) is 6.54. The second-order valence-corrected chi connectivity index (χ2v) is 5.38. The van der Waals surface area contributed by atoms with E-state index in [-0.39, 0.29) is 0 Å². The first kappa shape index (κ1) is 13.1. The number of carbonyl (C=O) groups is 1. The van der Waals surface area contributed by atoms with E-state index in [1.54, 1.807) is 0 Å². The number of hydrogen-bond acceptors (Lipinski definition) is 2. The van der Waals surface area contributed by atoms with Crippen LogP contribution in [0.3, 0.4) is 0 Å². The van der Waals surface area contributed by atoms with Crippen molar-refractivity contribution in [2.24, 2.45) is 5.41 Å². The highest BCUT2D eigenvalue weighted by molar-refractivity contribution is 5.75. The summed E-state index contributed by atoms with van der Waals surface area (Å²) in [5.74, 6) is -0.647. The van der Waals surface area contributed by atoms with E-state index in [9.17, 15) is 9.90 Å². The normalized spacial score (nSPS) is 18.6. The Labute approximate surface area is 108 Å². The molecule has 0 spiro atoms. The van der Waals surface area contributed by atoms with Crippen molar-refractivity contribution in [3.05, 3.63) is 34.9 Å². The fraction of sp³-hybridized carbons (Fsp3) is 0.533. The number of carboxylic acid groups (broad SMARTS) is 1. The zero-order valence-electron chi connectivity index (χ0n) is 11.1. The molecule has 3 heteroatoms. The molecule has 18 heavy (non-hydrogen) atoms. The molecule has 0 radical (unpaired) electrons. The van der Waals surface area contributed by atoms with Crippen molar-refractivity contribution in [3.63, 3.8) is 0 Å². The Kier molecular flexibility index (Phi) is 3.71. The quantitative estimate of drug-likeness (QED) is 0.861. The van der Waals surface area contributed by atoms with Gasteiger partial charge in [0.15, 0.2) is 0 Å². The fourth-order valence-corrected chi connectivity index (χ4v) is 2.84. The topological polar surface area (TPSA) is 49.3 Å². The molecule has 1 heterocycles. The zero-order chi connectivity index (χ0) is 13.2. The Morgan fingerprint density at radius 3 is 2.33 bits per heavy atom. The summed E-state index contributed by atoms with van der Waals surface area (Å²) in [7, 11) is 0. The van der Waals surface area contributed by atoms with E-state index in [0.717, 1.165) is 25.9 Å². The summed E-state index contributed by atoms with van der Waals surface area (Å²) in [4.78, 5) is 11.7. The molecule has 0 bridgehead atoms. The second-order valence-electron chi connectivity index (χ2n) is 5.38. The predicted octanol–water partition coefficient (Wildman–Crippen LogP) is 2.30. The number of carboxylic acids is 1. The van der Waals surface area contributed by atoms with Gasteiger partial charge in [0.2, 0.25) is 0 Å². The van der Waals surface area contributed by atoms with Crippen molar-refractivity contribution < 1.29 is 9.90 Å². The molecule has 0 amide bonds. The van der Waals surface area contributed by atoms with Crippen molar-refractivity contribution in [1.29, 1.82) is 0 Å². The van der Waals surface area contributed by atoms with E-state index < -0.39 is 11.4 Å². The third-order valence-corrected chi connectivity index (χ3v) is 4.17. The minimum absolute atomic E-state index is 0.581. The summed E-state index contributed by atoms with van der Waals surface area (Å²) in [6.45, 7) is 5.74. The van der Waals surface area contributed by atoms with Crippen LogP contribution in [0.4, 0.5) is 0 Å². The Morgan fingerprint density at radius 2 is 1.83 bits per heavy atom. The molecular formula is C15H21NO2. The molecule has 0 saturated carbocycles. The van der Waals surface area contributed by atoms with Gasteiger partial charge < -0.3 is 10.4 Å². The summed E-state index contributed by atoms with van der Waals surface area (Å²) >= 11 is 0. The molecule has 2 N–H and O–H groups in total. The summed E-state index contributed by atoms with van der Waals surface area (Å²) in [5, 5.41) is 12.9. The van der Waals surface area contributed by atoms with Gasteiger partial charge >= 0.3 is 5.97 Å². The van der Waals surface area contributed by atoms with E-state index in [2.05, 4.69) is 31.3 Å². The number of benzene rings is 1. The van der Waals surface area contributed by atoms with Crippen LogP contribution in [0.2, 0.25) is 0 Å². The van der Waals surface area contributed by atoms with Crippen LogP contribution in [-0.2, 0) is 11.2 Å². The first-order chi connectivity index (χ1) is 8.55. The molecule has 0 atom stereocenters. The molecule has 1 aromatic carbocycles. The highest BCUT2D eigenvalue weighted by Gasteiger charge is 2.40. The largest absolute Gasteiger partial charge is 0.481 e. The molecule has 1 aliphatic heterocycles. The van der Waals surface area contributed by atoms with Gasteiger partial charge in [-0.1, -0.05) is 18.2 Å². The van der Waals surface area contributed by atoms with Gasteiger partial charge in [-0.05, 0) is 62.9 Å². The third-order valence-electron chi connectivity index (χ3n) is 4.17. The van der Waals surface area contributed by atoms with Crippen LogP contribution in [0, 0.1) is 19.3 Å². The van der Waals surface area contributed by atoms with Gasteiger partial charge in [0.05, 0.1) is 5.41 Å². The number of rotatable bonds is 3. The van der Waals surface area contributed by atoms with Crippen molar-refractivity contribution >= 4 is 5.97 Å². The lowest BCUT2D eigenvalue weighted by Crippen LogP contribution is -2.43. The maximum absolute atomic E-state index is 11.7. The maximum atomic E-state index is 11.7. The van der Waals surface area contributed by atoms with Crippen molar-refractivity contribution in [3.8, 4) is 0 Å². The Balaban J connectivity index is 2.32. The van der Waals surface area contributed by atoms with Gasteiger partial charge in [-0.15, -0.1) is 0 Å². The number of aryl methyl sites for hydroxylation is 2. The molecule has 0 aliphatic carbocycles. The maximum Gasteiger partial charge on any atom is 0.310 e. The Hall–Kier alpha value is -1.35. The minimum Gasteiger partial charge on any atom is -0.481 e. The SMILES string of the molecule is Cc1cccc(C)c1CC1(C(=O)O)CCNCC1. The summed E-state index contributed by atoms with van der Waals surface area (Å²) in [5.41, 5.74) is 3.03. The molecular weight excluding hydrogens is 226 g/mol. The molecule has 98 valence electrons. The average molecular weight is 247 g/mol. The molecule has 1 aliphatic rings. The van der Waals surface area contributed by atoms with Crippen LogP contribution in [0.15, 0.2) is 18.2 Å². The molecule has 1 fully saturated rings. The summed E-state index contributed by atoms with van der Waals surface area (Å²) in [6.07, 6.45) is 2.09. The van der Waals surface area contributed by atoms with Gasteiger partial charge in [0.25, 0.3) is 0 Å². The van der Waals surface area contributed by atoms with Crippen LogP contribution in [0.5, 0.6) is 0 Å². The van der Waals surface area contributed by atoms with Gasteiger partial charge in [-0.25, -0.2) is 0 Å². The lowest BCUT2D eigenvalue weighted by molar-refractivity contribution is -0.150. The number of nitrogens with one attached hydrogen (secondary N) is 1. The van der Waals surface area contributed by atoms with Crippen LogP contribution < -0.4 is 5.32 Å². The van der Waals surface area contributed by atoms with Crippen LogP contribution in [-0.4, -0.2) is 24.2 Å². The van der Waals surface area contributed by atoms with E-state index in [4.69, 9.17) is 0 Å². The summed E-state index contributed by atoms with van der Waals surface area (Å²) < 4.78 is 0. The zero-order valence-corrected chi connectivity index (χ0v) is 11.1. The number of aliphatic carboxylic acids is 1. The van der Waals surface area contributed by atoms with Crippen molar-refractivity contribution in [2.45, 2.75) is 33.1 Å². The van der Waals surface area contributed by atoms with E-state index in [1.807, 2.05) is 6.07 Å². The Morgan fingerprint density at radius 1 is 1.28 bits per heavy atom. The van der Waals surface area contributed by atoms with Crippen molar-refractivity contribution in [1.82, 2.24) is 5.32 Å². The number of hydrogen-bond donors (Lipinski definition) is 2. The molecule has 1 aromatic rings. The highest BCUT2D eigenvalue weighted by atomic mass is 16.4. The standard InChI is InChI=1S/C15H21NO2/c1-11-4-3-5-12(2)13(11)10-15(14(17)18)6-8-16-9-7-15/h3-5,16H,6-10H2,1-2H3,(H,17,18). The molecule has 2 rings (SSSR count). The van der Waals surface area contributed by atoms with E-state index in [1.165, 1.54) is 16.7 Å². The van der Waals surface area contributed by atoms with Gasteiger partial charge in [0.1, 0.15) is 0 Å². The minimum atomic E-state index is -0.647. The lowest BCUT2D eigenvalue weighted by Gasteiger charge is -2.34. The van der Waals surface area contributed by atoms with Gasteiger partial charge in [0, 0.05) is 0 Å². The number of piperidine rings is 1. The lowest BCUT2D eigenvalue weighted by atomic mass is 9.73. The fourth-order valence-electron chi connectivity index (χ4n) is 2.84. The van der Waals surface area contributed by atoms with Gasteiger partial charge in [-0.2, -0.15) is 0 Å². The van der Waals surface area contributed by atoms with Crippen LogP contribution in [0.25, 0.3) is 0 Å². The average Bonchev–Trinajstić information content (AvgIpc) is 2.35. The smallest absolute Gasteiger partial charge is 0.310 e. The molecule has 0 unspecified atom stereocenters. The highest BCUT2D eigenvalue weighted by Crippen LogP contribution is 2.35. The molecule has 1 saturated heterocycles. The monoisotopic (exact) mass is 247 g/mol. The van der Waals surface area contributed by atoms with Gasteiger partial charge in [-0.3, -0.25) is 4.79 Å². The van der Waals surface area contributed by atoms with Crippen molar-refractivity contribution in [2.75, 3.05) is 13.1 Å². The summed E-state index contributed by atoms with van der Waals surface area (Å²) in [6, 6.07) is 6.17. The molecule has 3 nitrogen and oxygen atoms in total. The van der Waals surface area contributed by atoms with E-state index >= 15 is 0 Å². The van der Waals surface area contributed by atoms with E-state index in [0.29, 0.717) is 6.42 Å².